The van der Waals surface area contributed by atoms with E-state index in [0.717, 1.165) is 6.54 Å². The van der Waals surface area contributed by atoms with Crippen LogP contribution >= 0.6 is 11.3 Å². The van der Waals surface area contributed by atoms with E-state index in [4.69, 9.17) is 0 Å². The quantitative estimate of drug-likeness (QED) is 0.929. The maximum absolute atomic E-state index is 12.5. The summed E-state index contributed by atoms with van der Waals surface area (Å²) in [7, 11) is 1.90. The molecule has 0 saturated carbocycles. The summed E-state index contributed by atoms with van der Waals surface area (Å²) in [6, 6.07) is 12.5. The molecule has 1 amide bonds. The minimum absolute atomic E-state index is 0.141. The van der Waals surface area contributed by atoms with Gasteiger partial charge in [-0.15, -0.1) is 11.3 Å². The van der Waals surface area contributed by atoms with Crippen LogP contribution in [0.4, 0.5) is 5.69 Å². The monoisotopic (exact) mass is 300 g/mol. The van der Waals surface area contributed by atoms with Gasteiger partial charge in [0.2, 0.25) is 5.91 Å². The number of carbonyl (C=O) groups excluding carboxylic acids is 1. The van der Waals surface area contributed by atoms with Gasteiger partial charge >= 0.3 is 0 Å². The van der Waals surface area contributed by atoms with E-state index in [9.17, 15) is 4.79 Å². The number of nitrogens with one attached hydrogen (secondary N) is 1. The zero-order chi connectivity index (χ0) is 14.8. The zero-order valence-corrected chi connectivity index (χ0v) is 13.2. The average Bonchev–Trinajstić information content (AvgIpc) is 3.16. The van der Waals surface area contributed by atoms with Crippen molar-refractivity contribution in [1.82, 2.24) is 4.90 Å². The molecule has 4 heteroatoms. The number of hydrogen-bond acceptors (Lipinski definition) is 3. The molecule has 1 aliphatic rings. The Morgan fingerprint density at radius 2 is 2.19 bits per heavy atom. The summed E-state index contributed by atoms with van der Waals surface area (Å²) < 4.78 is 0. The lowest BCUT2D eigenvalue weighted by Gasteiger charge is -2.25. The van der Waals surface area contributed by atoms with Crippen molar-refractivity contribution in [2.24, 2.45) is 0 Å². The maximum Gasteiger partial charge on any atom is 0.223 e. The first-order valence-corrected chi connectivity index (χ1v) is 8.16. The fraction of sp³-hybridized carbons (Fsp3) is 0.353. The average molecular weight is 300 g/mol. The van der Waals surface area contributed by atoms with Crippen LogP contribution in [-0.2, 0) is 4.79 Å². The highest BCUT2D eigenvalue weighted by Crippen LogP contribution is 2.34. The van der Waals surface area contributed by atoms with Crippen LogP contribution in [0.2, 0.25) is 0 Å². The molecule has 0 spiro atoms. The van der Waals surface area contributed by atoms with E-state index in [1.165, 1.54) is 16.1 Å². The number of thiophene rings is 1. The van der Waals surface area contributed by atoms with Crippen molar-refractivity contribution in [1.29, 1.82) is 0 Å². The molecule has 3 rings (SSSR count). The second-order valence-corrected chi connectivity index (χ2v) is 6.54. The molecule has 3 nitrogen and oxygen atoms in total. The normalized spacial score (nSPS) is 17.9. The van der Waals surface area contributed by atoms with Gasteiger partial charge in [-0.25, -0.2) is 0 Å². The van der Waals surface area contributed by atoms with Gasteiger partial charge in [0, 0.05) is 36.5 Å². The van der Waals surface area contributed by atoms with Crippen molar-refractivity contribution in [2.45, 2.75) is 25.3 Å². The maximum atomic E-state index is 12.5. The fourth-order valence-corrected chi connectivity index (χ4v) is 3.66. The van der Waals surface area contributed by atoms with Crippen LogP contribution in [0, 0.1) is 0 Å². The summed E-state index contributed by atoms with van der Waals surface area (Å²) in [6.07, 6.45) is 0.566. The summed E-state index contributed by atoms with van der Waals surface area (Å²) in [6.45, 7) is 2.94. The first-order valence-electron chi connectivity index (χ1n) is 7.28. The minimum Gasteiger partial charge on any atom is -0.384 e. The molecule has 2 unspecified atom stereocenters. The SMILES string of the molecule is CC(c1cccs1)N(C)C(=O)CC1CNc2ccccc21. The van der Waals surface area contributed by atoms with E-state index < -0.39 is 0 Å². The van der Waals surface area contributed by atoms with Gasteiger partial charge in [0.1, 0.15) is 0 Å². The number of nitrogens with zero attached hydrogens (tertiary/aromatic N) is 1. The molecular formula is C17H20N2OS. The number of amides is 1. The van der Waals surface area contributed by atoms with E-state index in [1.54, 1.807) is 11.3 Å². The lowest BCUT2D eigenvalue weighted by Crippen LogP contribution is -2.30. The number of carbonyl (C=O) groups is 1. The van der Waals surface area contributed by atoms with Gasteiger partial charge < -0.3 is 10.2 Å². The van der Waals surface area contributed by atoms with Crippen LogP contribution in [0.15, 0.2) is 41.8 Å². The van der Waals surface area contributed by atoms with E-state index in [1.807, 2.05) is 30.1 Å². The van der Waals surface area contributed by atoms with Crippen molar-refractivity contribution in [3.05, 3.63) is 52.2 Å². The van der Waals surface area contributed by atoms with Gasteiger partial charge in [-0.3, -0.25) is 4.79 Å². The smallest absolute Gasteiger partial charge is 0.223 e. The second kappa shape index (κ2) is 5.90. The van der Waals surface area contributed by atoms with E-state index in [0.29, 0.717) is 6.42 Å². The number of hydrogen-bond donors (Lipinski definition) is 1. The van der Waals surface area contributed by atoms with Gasteiger partial charge in [-0.05, 0) is 30.0 Å². The Hall–Kier alpha value is -1.81. The molecular weight excluding hydrogens is 280 g/mol. The Morgan fingerprint density at radius 3 is 2.95 bits per heavy atom. The number of fused-ring (bicyclic) bond motifs is 1. The Labute approximate surface area is 129 Å². The van der Waals surface area contributed by atoms with Gasteiger partial charge in [0.15, 0.2) is 0 Å². The Kier molecular flexibility index (Phi) is 3.97. The molecule has 0 saturated heterocycles. The van der Waals surface area contributed by atoms with Gasteiger partial charge in [-0.2, -0.15) is 0 Å². The highest BCUT2D eigenvalue weighted by atomic mass is 32.1. The third kappa shape index (κ3) is 2.81. The topological polar surface area (TPSA) is 32.3 Å². The molecule has 1 aromatic heterocycles. The molecule has 110 valence electrons. The lowest BCUT2D eigenvalue weighted by atomic mass is 9.97. The van der Waals surface area contributed by atoms with Gasteiger partial charge in [0.25, 0.3) is 0 Å². The molecule has 1 aromatic carbocycles. The number of anilines is 1. The third-order valence-corrected chi connectivity index (χ3v) is 5.33. The molecule has 2 atom stereocenters. The van der Waals surface area contributed by atoms with Crippen LogP contribution in [0.1, 0.15) is 35.7 Å². The molecule has 21 heavy (non-hydrogen) atoms. The molecule has 1 aliphatic heterocycles. The van der Waals surface area contributed by atoms with Crippen molar-refractivity contribution >= 4 is 22.9 Å². The van der Waals surface area contributed by atoms with Crippen molar-refractivity contribution in [3.63, 3.8) is 0 Å². The highest BCUT2D eigenvalue weighted by molar-refractivity contribution is 7.10. The van der Waals surface area contributed by atoms with Crippen LogP contribution in [0.25, 0.3) is 0 Å². The minimum atomic E-state index is 0.141. The molecule has 0 fully saturated rings. The third-order valence-electron chi connectivity index (χ3n) is 4.29. The van der Waals surface area contributed by atoms with Crippen LogP contribution < -0.4 is 5.32 Å². The van der Waals surface area contributed by atoms with E-state index in [-0.39, 0.29) is 17.9 Å². The van der Waals surface area contributed by atoms with E-state index >= 15 is 0 Å². The summed E-state index contributed by atoms with van der Waals surface area (Å²) in [5, 5.41) is 5.44. The van der Waals surface area contributed by atoms with E-state index in [2.05, 4.69) is 35.8 Å². The lowest BCUT2D eigenvalue weighted by molar-refractivity contribution is -0.132. The number of benzene rings is 1. The first-order chi connectivity index (χ1) is 10.2. The molecule has 1 N–H and O–H groups in total. The summed E-state index contributed by atoms with van der Waals surface area (Å²) in [4.78, 5) is 15.6. The molecule has 0 bridgehead atoms. The predicted octanol–water partition coefficient (Wildman–Crippen LogP) is 3.87. The number of rotatable bonds is 4. The zero-order valence-electron chi connectivity index (χ0n) is 12.4. The highest BCUT2D eigenvalue weighted by Gasteiger charge is 2.27. The van der Waals surface area contributed by atoms with Crippen LogP contribution in [0.3, 0.4) is 0 Å². The Bertz CT molecular complexity index is 623. The van der Waals surface area contributed by atoms with Crippen LogP contribution in [0.5, 0.6) is 0 Å². The molecule has 0 radical (unpaired) electrons. The van der Waals surface area contributed by atoms with Gasteiger partial charge in [-0.1, -0.05) is 24.3 Å². The standard InChI is InChI=1S/C17H20N2OS/c1-12(16-8-5-9-21-16)19(2)17(20)10-13-11-18-15-7-4-3-6-14(13)15/h3-9,12-13,18H,10-11H2,1-2H3. The predicted molar refractivity (Wildman–Crippen MR) is 87.8 cm³/mol. The fourth-order valence-electron chi connectivity index (χ4n) is 2.83. The Morgan fingerprint density at radius 1 is 1.38 bits per heavy atom. The first kappa shape index (κ1) is 14.1. The van der Waals surface area contributed by atoms with Crippen molar-refractivity contribution in [3.8, 4) is 0 Å². The van der Waals surface area contributed by atoms with Crippen molar-refractivity contribution in [2.75, 3.05) is 18.9 Å². The Balaban J connectivity index is 1.67. The molecule has 2 heterocycles. The van der Waals surface area contributed by atoms with Gasteiger partial charge in [0.05, 0.1) is 6.04 Å². The van der Waals surface area contributed by atoms with Crippen LogP contribution in [-0.4, -0.2) is 24.4 Å². The summed E-state index contributed by atoms with van der Waals surface area (Å²) in [5.74, 6) is 0.492. The summed E-state index contributed by atoms with van der Waals surface area (Å²) in [5.41, 5.74) is 2.44. The second-order valence-electron chi connectivity index (χ2n) is 5.57. The molecule has 2 aromatic rings. The largest absolute Gasteiger partial charge is 0.384 e. The summed E-state index contributed by atoms with van der Waals surface area (Å²) >= 11 is 1.70. The number of para-hydroxylation sites is 1. The molecule has 0 aliphatic carbocycles. The van der Waals surface area contributed by atoms with Crippen molar-refractivity contribution < 1.29 is 4.79 Å².